The van der Waals surface area contributed by atoms with E-state index in [1.54, 1.807) is 61.5 Å². The van der Waals surface area contributed by atoms with Gasteiger partial charge in [-0.1, -0.05) is 48.5 Å². The zero-order valence-corrected chi connectivity index (χ0v) is 13.3. The van der Waals surface area contributed by atoms with Crippen molar-refractivity contribution in [1.29, 1.82) is 0 Å². The summed E-state index contributed by atoms with van der Waals surface area (Å²) in [6.45, 7) is 1.61. The van der Waals surface area contributed by atoms with Crippen molar-refractivity contribution in [3.63, 3.8) is 0 Å². The number of carbonyl (C=O) groups excluding carboxylic acids is 1. The molecule has 0 spiro atoms. The Morgan fingerprint density at radius 1 is 1.17 bits per heavy atom. The normalized spacial score (nSPS) is 20.3. The Morgan fingerprint density at radius 3 is 2.33 bits per heavy atom. The minimum atomic E-state index is -2.17. The maximum atomic E-state index is 15.7. The SMILES string of the molecule is CCOC(=O)C1=C(O)C(F)(c2ccccc2)CN1c1ccccc1. The third-order valence-electron chi connectivity index (χ3n) is 4.01. The van der Waals surface area contributed by atoms with E-state index in [9.17, 15) is 9.90 Å². The Hall–Kier alpha value is -2.82. The third kappa shape index (κ3) is 2.62. The molecule has 3 rings (SSSR count). The molecule has 4 nitrogen and oxygen atoms in total. The van der Waals surface area contributed by atoms with Crippen LogP contribution < -0.4 is 4.90 Å². The van der Waals surface area contributed by atoms with E-state index in [1.807, 2.05) is 6.07 Å². The average Bonchev–Trinajstić information content (AvgIpc) is 2.89. The highest BCUT2D eigenvalue weighted by molar-refractivity contribution is 5.95. The molecule has 1 aliphatic heterocycles. The Bertz CT molecular complexity index is 761. The number of esters is 1. The van der Waals surface area contributed by atoms with Crippen molar-refractivity contribution < 1.29 is 19.0 Å². The van der Waals surface area contributed by atoms with Crippen LogP contribution in [0.4, 0.5) is 10.1 Å². The van der Waals surface area contributed by atoms with Gasteiger partial charge in [-0.25, -0.2) is 9.18 Å². The van der Waals surface area contributed by atoms with E-state index in [-0.39, 0.29) is 18.8 Å². The van der Waals surface area contributed by atoms with Crippen LogP contribution in [0.25, 0.3) is 0 Å². The number of aliphatic hydroxyl groups excluding tert-OH is 1. The zero-order chi connectivity index (χ0) is 17.2. The molecular formula is C19H18FNO3. The van der Waals surface area contributed by atoms with Crippen LogP contribution in [0.15, 0.2) is 72.1 Å². The first kappa shape index (κ1) is 16.1. The van der Waals surface area contributed by atoms with Crippen LogP contribution in [-0.2, 0) is 15.2 Å². The van der Waals surface area contributed by atoms with E-state index >= 15 is 4.39 Å². The van der Waals surface area contributed by atoms with Crippen LogP contribution in [-0.4, -0.2) is 24.2 Å². The van der Waals surface area contributed by atoms with E-state index in [1.165, 1.54) is 4.90 Å². The van der Waals surface area contributed by atoms with Gasteiger partial charge in [-0.2, -0.15) is 0 Å². The molecule has 0 amide bonds. The first-order valence-electron chi connectivity index (χ1n) is 7.75. The number of carbonyl (C=O) groups is 1. The minimum absolute atomic E-state index is 0.142. The molecule has 1 atom stereocenters. The Balaban J connectivity index is 2.11. The van der Waals surface area contributed by atoms with Gasteiger partial charge in [0.05, 0.1) is 13.2 Å². The lowest BCUT2D eigenvalue weighted by Gasteiger charge is -2.24. The van der Waals surface area contributed by atoms with Gasteiger partial charge in [0.15, 0.2) is 11.5 Å². The summed E-state index contributed by atoms with van der Waals surface area (Å²) in [6, 6.07) is 17.2. The molecule has 0 aromatic heterocycles. The van der Waals surface area contributed by atoms with Gasteiger partial charge in [0.1, 0.15) is 0 Å². The number of alkyl halides is 1. The minimum Gasteiger partial charge on any atom is -0.506 e. The number of rotatable bonds is 4. The molecule has 2 aromatic carbocycles. The van der Waals surface area contributed by atoms with E-state index in [0.717, 1.165) is 0 Å². The topological polar surface area (TPSA) is 49.8 Å². The highest BCUT2D eigenvalue weighted by atomic mass is 19.1. The zero-order valence-electron chi connectivity index (χ0n) is 13.3. The molecule has 5 heteroatoms. The number of halogens is 1. The first-order valence-corrected chi connectivity index (χ1v) is 7.75. The molecule has 124 valence electrons. The second kappa shape index (κ2) is 6.35. The highest BCUT2D eigenvalue weighted by Gasteiger charge is 2.50. The van der Waals surface area contributed by atoms with Crippen molar-refractivity contribution >= 4 is 11.7 Å². The molecule has 0 fully saturated rings. The Labute approximate surface area is 139 Å². The molecule has 1 N–H and O–H groups in total. The fraction of sp³-hybridized carbons (Fsp3) is 0.211. The number of benzene rings is 2. The first-order chi connectivity index (χ1) is 11.6. The second-order valence-corrected chi connectivity index (χ2v) is 5.51. The number of anilines is 1. The lowest BCUT2D eigenvalue weighted by atomic mass is 9.95. The van der Waals surface area contributed by atoms with Crippen molar-refractivity contribution in [3.05, 3.63) is 77.7 Å². The van der Waals surface area contributed by atoms with Crippen LogP contribution in [0.2, 0.25) is 0 Å². The predicted molar refractivity (Wildman–Crippen MR) is 89.3 cm³/mol. The standard InChI is InChI=1S/C19H18FNO3/c1-2-24-18(23)16-17(22)19(20,14-9-5-3-6-10-14)13-21(16)15-11-7-4-8-12-15/h3-12,22H,2,13H2,1H3. The summed E-state index contributed by atoms with van der Waals surface area (Å²) >= 11 is 0. The molecule has 0 radical (unpaired) electrons. The molecule has 0 saturated carbocycles. The fourth-order valence-corrected chi connectivity index (χ4v) is 2.85. The van der Waals surface area contributed by atoms with Crippen molar-refractivity contribution in [2.24, 2.45) is 0 Å². The van der Waals surface area contributed by atoms with Gasteiger partial charge in [-0.3, -0.25) is 0 Å². The van der Waals surface area contributed by atoms with Crippen molar-refractivity contribution in [2.75, 3.05) is 18.1 Å². The number of hydrogen-bond acceptors (Lipinski definition) is 4. The molecule has 2 aromatic rings. The summed E-state index contributed by atoms with van der Waals surface area (Å²) in [6.07, 6.45) is 0. The van der Waals surface area contributed by atoms with Crippen molar-refractivity contribution in [2.45, 2.75) is 12.6 Å². The number of ether oxygens (including phenoxy) is 1. The van der Waals surface area contributed by atoms with Gasteiger partial charge in [-0.05, 0) is 24.6 Å². The molecular weight excluding hydrogens is 309 g/mol. The number of nitrogens with zero attached hydrogens (tertiary/aromatic N) is 1. The average molecular weight is 327 g/mol. The summed E-state index contributed by atoms with van der Waals surface area (Å²) in [7, 11) is 0. The molecule has 0 saturated heterocycles. The highest BCUT2D eigenvalue weighted by Crippen LogP contribution is 2.43. The third-order valence-corrected chi connectivity index (χ3v) is 4.01. The summed E-state index contributed by atoms with van der Waals surface area (Å²) in [5.41, 5.74) is -1.42. The quantitative estimate of drug-likeness (QED) is 0.870. The Morgan fingerprint density at radius 2 is 1.75 bits per heavy atom. The summed E-state index contributed by atoms with van der Waals surface area (Å²) in [5.74, 6) is -1.36. The molecule has 1 aliphatic rings. The number of hydrogen-bond donors (Lipinski definition) is 1. The Kier molecular flexibility index (Phi) is 4.25. The van der Waals surface area contributed by atoms with Gasteiger partial charge >= 0.3 is 5.97 Å². The molecule has 0 bridgehead atoms. The maximum absolute atomic E-state index is 15.7. The summed E-state index contributed by atoms with van der Waals surface area (Å²) < 4.78 is 20.7. The van der Waals surface area contributed by atoms with Crippen LogP contribution in [0.3, 0.4) is 0 Å². The molecule has 0 aliphatic carbocycles. The summed E-state index contributed by atoms with van der Waals surface area (Å²) in [5, 5.41) is 10.6. The lowest BCUT2D eigenvalue weighted by Crippen LogP contribution is -2.31. The monoisotopic (exact) mass is 327 g/mol. The van der Waals surface area contributed by atoms with Gasteiger partial charge < -0.3 is 14.7 Å². The molecule has 24 heavy (non-hydrogen) atoms. The van der Waals surface area contributed by atoms with Crippen molar-refractivity contribution in [1.82, 2.24) is 0 Å². The maximum Gasteiger partial charge on any atom is 0.358 e. The molecule has 1 unspecified atom stereocenters. The largest absolute Gasteiger partial charge is 0.506 e. The number of aliphatic hydroxyl groups is 1. The molecule has 1 heterocycles. The van der Waals surface area contributed by atoms with E-state index in [0.29, 0.717) is 11.3 Å². The van der Waals surface area contributed by atoms with Gasteiger partial charge in [0.25, 0.3) is 0 Å². The van der Waals surface area contributed by atoms with Gasteiger partial charge in [-0.15, -0.1) is 0 Å². The smallest absolute Gasteiger partial charge is 0.358 e. The fourth-order valence-electron chi connectivity index (χ4n) is 2.85. The van der Waals surface area contributed by atoms with Crippen molar-refractivity contribution in [3.8, 4) is 0 Å². The van der Waals surface area contributed by atoms with E-state index < -0.39 is 17.4 Å². The second-order valence-electron chi connectivity index (χ2n) is 5.51. The van der Waals surface area contributed by atoms with Crippen LogP contribution in [0.1, 0.15) is 12.5 Å². The van der Waals surface area contributed by atoms with Crippen LogP contribution in [0.5, 0.6) is 0 Å². The van der Waals surface area contributed by atoms with E-state index in [2.05, 4.69) is 0 Å². The van der Waals surface area contributed by atoms with Gasteiger partial charge in [0, 0.05) is 5.69 Å². The van der Waals surface area contributed by atoms with Crippen LogP contribution in [0, 0.1) is 0 Å². The van der Waals surface area contributed by atoms with Gasteiger partial charge in [0.2, 0.25) is 5.67 Å². The van der Waals surface area contributed by atoms with E-state index in [4.69, 9.17) is 4.74 Å². The number of para-hydroxylation sites is 1. The van der Waals surface area contributed by atoms with Crippen LogP contribution >= 0.6 is 0 Å². The lowest BCUT2D eigenvalue weighted by molar-refractivity contribution is -0.138. The summed E-state index contributed by atoms with van der Waals surface area (Å²) in [4.78, 5) is 13.8. The predicted octanol–water partition coefficient (Wildman–Crippen LogP) is 3.70.